The van der Waals surface area contributed by atoms with Crippen molar-refractivity contribution in [2.24, 2.45) is 0 Å². The van der Waals surface area contributed by atoms with Gasteiger partial charge in [-0.05, 0) is 0 Å². The molecule has 1 aromatic carbocycles. The van der Waals surface area contributed by atoms with Crippen LogP contribution >= 0.6 is 23.1 Å². The molecule has 11 heteroatoms. The van der Waals surface area contributed by atoms with Crippen LogP contribution in [0.3, 0.4) is 0 Å². The maximum absolute atomic E-state index is 11.3. The number of allylic oxidation sites excluding steroid dienone is 3. The monoisotopic (exact) mass is 652 g/mol. The molecule has 0 saturated carbocycles. The number of fused-ring (bicyclic) bond motifs is 2. The minimum Gasteiger partial charge on any atom is -0.870 e. The quantitative estimate of drug-likeness (QED) is 0.247. The number of aromatic nitrogens is 1. The molecule has 2 aliphatic rings. The summed E-state index contributed by atoms with van der Waals surface area (Å²) >= 11 is 3.39. The zero-order valence-electron chi connectivity index (χ0n) is 19.9. The molecule has 0 bridgehead atoms. The van der Waals surface area contributed by atoms with Crippen LogP contribution in [-0.2, 0) is 16.7 Å². The Labute approximate surface area is 225 Å². The Morgan fingerprint density at radius 1 is 1.34 bits per heavy atom. The third-order valence-corrected chi connectivity index (χ3v) is 12.1. The summed E-state index contributed by atoms with van der Waals surface area (Å²) < 4.78 is 42.5. The molecule has 0 atom stereocenters. The van der Waals surface area contributed by atoms with Crippen molar-refractivity contribution in [2.75, 3.05) is 24.3 Å². The minimum atomic E-state index is -3.99. The predicted octanol–water partition coefficient (Wildman–Crippen LogP) is 4.19. The molecule has 2 N–H and O–H groups in total. The molecule has 0 fully saturated rings. The maximum atomic E-state index is 11.3. The topological polar surface area (TPSA) is 101 Å². The van der Waals surface area contributed by atoms with E-state index in [9.17, 15) is 13.0 Å². The average molecular weight is 650 g/mol. The van der Waals surface area contributed by atoms with E-state index in [1.165, 1.54) is 19.9 Å². The van der Waals surface area contributed by atoms with Gasteiger partial charge in [-0.15, -0.1) is 0 Å². The molecule has 0 aliphatic carbocycles. The fourth-order valence-corrected chi connectivity index (χ4v) is 10.3. The second-order valence-corrected chi connectivity index (χ2v) is 14.4. The van der Waals surface area contributed by atoms with Crippen molar-refractivity contribution in [1.29, 1.82) is 0 Å². The summed E-state index contributed by atoms with van der Waals surface area (Å²) in [5, 5.41) is 2.35. The van der Waals surface area contributed by atoms with Gasteiger partial charge in [0.05, 0.1) is 7.11 Å². The molecular formula is C24H30N2O5S3Te. The zero-order chi connectivity index (χ0) is 24.3. The Morgan fingerprint density at radius 3 is 2.83 bits per heavy atom. The Hall–Kier alpha value is -1.32. The summed E-state index contributed by atoms with van der Waals surface area (Å²) in [6, 6.07) is 5.97. The fourth-order valence-electron chi connectivity index (χ4n) is 3.90. The normalized spacial score (nSPS) is 16.3. The van der Waals surface area contributed by atoms with Crippen molar-refractivity contribution in [1.82, 2.24) is 0 Å². The number of thioether (sulfide) groups is 1. The van der Waals surface area contributed by atoms with Crippen LogP contribution in [0.15, 0.2) is 45.8 Å². The first-order valence-electron chi connectivity index (χ1n) is 11.2. The number of hydrogen-bond acceptors (Lipinski definition) is 7. The summed E-state index contributed by atoms with van der Waals surface area (Å²) in [6.07, 6.45) is 10.3. The van der Waals surface area contributed by atoms with E-state index < -0.39 is 10.1 Å². The van der Waals surface area contributed by atoms with Crippen molar-refractivity contribution in [3.8, 4) is 5.75 Å². The molecule has 1 aromatic heterocycles. The van der Waals surface area contributed by atoms with Gasteiger partial charge in [-0.25, -0.2) is 0 Å². The van der Waals surface area contributed by atoms with Crippen LogP contribution in [0.1, 0.15) is 36.6 Å². The third kappa shape index (κ3) is 6.72. The van der Waals surface area contributed by atoms with Crippen LogP contribution in [0.4, 0.5) is 5.69 Å². The van der Waals surface area contributed by atoms with E-state index in [1.54, 1.807) is 22.6 Å². The van der Waals surface area contributed by atoms with Crippen LogP contribution in [0.2, 0.25) is 4.47 Å². The van der Waals surface area contributed by atoms with Gasteiger partial charge in [-0.1, -0.05) is 0 Å². The predicted molar refractivity (Wildman–Crippen MR) is 145 cm³/mol. The summed E-state index contributed by atoms with van der Waals surface area (Å²) in [7, 11) is -2.35. The SMILES string of the molecule is CCC(=Cc1sc2c([n+]1CC)[Te]CC=C2)C=C1Sc2ccc(OC)cc2N1CCCS(=O)(=O)O.[OH-]. The number of rotatable bonds is 9. The Balaban J connectivity index is 0.00000342. The van der Waals surface area contributed by atoms with Crippen LogP contribution < -0.4 is 17.9 Å². The molecule has 0 saturated heterocycles. The summed E-state index contributed by atoms with van der Waals surface area (Å²) in [5.41, 5.74) is 2.24. The van der Waals surface area contributed by atoms with Crippen molar-refractivity contribution in [3.05, 3.63) is 50.8 Å². The van der Waals surface area contributed by atoms with Crippen molar-refractivity contribution < 1.29 is 27.8 Å². The number of thiazole rings is 1. The van der Waals surface area contributed by atoms with E-state index >= 15 is 0 Å². The van der Waals surface area contributed by atoms with Gasteiger partial charge in [0.2, 0.25) is 0 Å². The molecule has 3 heterocycles. The summed E-state index contributed by atoms with van der Waals surface area (Å²) in [5.74, 6) is 0.503. The van der Waals surface area contributed by atoms with Crippen molar-refractivity contribution in [2.45, 2.75) is 42.6 Å². The molecule has 2 aliphatic heterocycles. The molecular weight excluding hydrogens is 620 g/mol. The molecule has 0 unspecified atom stereocenters. The van der Waals surface area contributed by atoms with Gasteiger partial charge in [0.25, 0.3) is 0 Å². The molecule has 0 spiro atoms. The van der Waals surface area contributed by atoms with Crippen LogP contribution in [0.5, 0.6) is 5.75 Å². The smallest absolute Gasteiger partial charge is 0.870 e. The number of benzene rings is 1. The third-order valence-electron chi connectivity index (χ3n) is 5.59. The van der Waals surface area contributed by atoms with Crippen LogP contribution in [0, 0.1) is 0 Å². The Bertz CT molecular complexity index is 1270. The van der Waals surface area contributed by atoms with Gasteiger partial charge in [-0.3, -0.25) is 4.55 Å². The first-order chi connectivity index (χ1) is 16.3. The van der Waals surface area contributed by atoms with E-state index in [2.05, 4.69) is 47.6 Å². The van der Waals surface area contributed by atoms with Gasteiger partial charge in [-0.2, -0.15) is 8.42 Å². The summed E-state index contributed by atoms with van der Waals surface area (Å²) in [6.45, 7) is 5.85. The van der Waals surface area contributed by atoms with Crippen molar-refractivity contribution >= 4 is 75.7 Å². The van der Waals surface area contributed by atoms with Gasteiger partial charge in [0.1, 0.15) is 0 Å². The molecule has 2 aromatic rings. The van der Waals surface area contributed by atoms with Gasteiger partial charge >= 0.3 is 201 Å². The minimum absolute atomic E-state index is 0. The number of hydrogen-bond donors (Lipinski definition) is 1. The molecule has 4 rings (SSSR count). The second-order valence-electron chi connectivity index (χ2n) is 7.85. The molecule has 35 heavy (non-hydrogen) atoms. The number of nitrogens with zero attached hydrogens (tertiary/aromatic N) is 2. The molecule has 190 valence electrons. The standard InChI is InChI=1S/C24H28N2O4S3Te.H2O/c1-4-17(14-22-25(5-2)24-21(32-22)8-6-13-34-24)15-23-26(11-7-12-33(27,28)29)19-16-18(30-3)9-10-20(19)31-23;/h6,8-10,14-16H,4-5,7,11-13H2,1-3H3;1H2. The number of methoxy groups -OCH3 is 1. The molecule has 0 amide bonds. The van der Waals surface area contributed by atoms with Gasteiger partial charge in [0, 0.05) is 0 Å². The first kappa shape index (κ1) is 28.3. The summed E-state index contributed by atoms with van der Waals surface area (Å²) in [4.78, 5) is 4.66. The van der Waals surface area contributed by atoms with Crippen LogP contribution in [0.25, 0.3) is 12.2 Å². The van der Waals surface area contributed by atoms with Crippen molar-refractivity contribution in [3.63, 3.8) is 0 Å². The van der Waals surface area contributed by atoms with E-state index in [0.29, 0.717) is 13.0 Å². The zero-order valence-corrected chi connectivity index (χ0v) is 24.7. The average Bonchev–Trinajstić information content (AvgIpc) is 3.34. The van der Waals surface area contributed by atoms with Crippen LogP contribution in [-0.4, -0.2) is 58.8 Å². The first-order valence-corrected chi connectivity index (χ1v) is 17.2. The van der Waals surface area contributed by atoms with E-state index in [4.69, 9.17) is 4.74 Å². The Morgan fingerprint density at radius 2 is 2.14 bits per heavy atom. The van der Waals surface area contributed by atoms with Gasteiger partial charge < -0.3 is 5.48 Å². The van der Waals surface area contributed by atoms with E-state index in [1.807, 2.05) is 29.5 Å². The van der Waals surface area contributed by atoms with Gasteiger partial charge in [0.15, 0.2) is 0 Å². The second kappa shape index (κ2) is 12.3. The Kier molecular flexibility index (Phi) is 9.91. The fraction of sp³-hybridized carbons (Fsp3) is 0.375. The molecule has 0 radical (unpaired) electrons. The molecule has 7 nitrogen and oxygen atoms in total. The van der Waals surface area contributed by atoms with E-state index in [-0.39, 0.29) is 32.2 Å². The number of anilines is 1. The number of ether oxygens (including phenoxy) is 1. The van der Waals surface area contributed by atoms with E-state index in [0.717, 1.165) is 34.3 Å².